The summed E-state index contributed by atoms with van der Waals surface area (Å²) in [5.41, 5.74) is 8.04. The lowest BCUT2D eigenvalue weighted by Gasteiger charge is -2.25. The maximum absolute atomic E-state index is 13.5. The molecule has 42 heavy (non-hydrogen) atoms. The number of nitrogens with zero attached hydrogens (tertiary/aromatic N) is 1. The van der Waals surface area contributed by atoms with E-state index in [0.29, 0.717) is 11.3 Å². The Morgan fingerprint density at radius 1 is 0.833 bits per heavy atom. The van der Waals surface area contributed by atoms with Gasteiger partial charge in [0.05, 0.1) is 18.8 Å². The average Bonchev–Trinajstić information content (AvgIpc) is 3.59. The molecule has 4 atom stereocenters. The van der Waals surface area contributed by atoms with Crippen LogP contribution in [0.15, 0.2) is 43.0 Å². The van der Waals surface area contributed by atoms with Crippen molar-refractivity contribution in [1.82, 2.24) is 30.9 Å². The molecule has 2 heterocycles. The van der Waals surface area contributed by atoms with Crippen LogP contribution < -0.4 is 21.7 Å². The summed E-state index contributed by atoms with van der Waals surface area (Å²) in [5, 5.41) is 35.1. The summed E-state index contributed by atoms with van der Waals surface area (Å²) < 4.78 is 0. The van der Waals surface area contributed by atoms with E-state index in [0.717, 1.165) is 10.9 Å². The second-order valence-electron chi connectivity index (χ2n) is 9.50. The quantitative estimate of drug-likeness (QED) is 0.0971. The van der Waals surface area contributed by atoms with Gasteiger partial charge in [-0.05, 0) is 18.1 Å². The zero-order valence-corrected chi connectivity index (χ0v) is 22.2. The SMILES string of the molecule is NC(Cc1cnc[nH]1)C(=O)NC(Cc1c[nH]c2ccccc12)C(=O)NC(CCC(=O)O)C(=O)NC(CC(=O)O)C(=O)O. The van der Waals surface area contributed by atoms with Crippen LogP contribution >= 0.6 is 0 Å². The summed E-state index contributed by atoms with van der Waals surface area (Å²) in [5.74, 6) is -7.10. The van der Waals surface area contributed by atoms with Gasteiger partial charge in [0, 0.05) is 48.3 Å². The van der Waals surface area contributed by atoms with Gasteiger partial charge in [0.2, 0.25) is 17.7 Å². The minimum Gasteiger partial charge on any atom is -0.481 e. The van der Waals surface area contributed by atoms with E-state index >= 15 is 0 Å². The number of aromatic amines is 2. The van der Waals surface area contributed by atoms with Gasteiger partial charge < -0.3 is 47.0 Å². The summed E-state index contributed by atoms with van der Waals surface area (Å²) in [6, 6.07) is 1.45. The highest BCUT2D eigenvalue weighted by molar-refractivity contribution is 5.95. The number of carboxylic acids is 3. The first-order chi connectivity index (χ1) is 19.9. The Balaban J connectivity index is 1.84. The van der Waals surface area contributed by atoms with E-state index in [1.807, 2.05) is 17.4 Å². The van der Waals surface area contributed by atoms with Gasteiger partial charge in [0.15, 0.2) is 0 Å². The Hall–Kier alpha value is -5.25. The van der Waals surface area contributed by atoms with Crippen LogP contribution in [0.2, 0.25) is 0 Å². The molecule has 0 spiro atoms. The molecule has 16 nitrogen and oxygen atoms in total. The van der Waals surface area contributed by atoms with Crippen LogP contribution in [0.4, 0.5) is 0 Å². The molecule has 1 aromatic carbocycles. The van der Waals surface area contributed by atoms with Crippen LogP contribution in [0.1, 0.15) is 30.5 Å². The van der Waals surface area contributed by atoms with E-state index in [9.17, 15) is 33.9 Å². The van der Waals surface area contributed by atoms with Crippen molar-refractivity contribution in [2.45, 2.75) is 56.3 Å². The predicted octanol–water partition coefficient (Wildman–Crippen LogP) is -1.12. The lowest BCUT2D eigenvalue weighted by Crippen LogP contribution is -2.58. The van der Waals surface area contributed by atoms with E-state index < -0.39 is 79.1 Å². The average molecular weight is 586 g/mol. The molecule has 4 unspecified atom stereocenters. The molecule has 3 amide bonds. The Labute approximate surface area is 238 Å². The summed E-state index contributed by atoms with van der Waals surface area (Å²) in [6.07, 6.45) is 2.61. The number of nitrogens with one attached hydrogen (secondary N) is 5. The third kappa shape index (κ3) is 8.88. The molecule has 0 bridgehead atoms. The molecule has 0 aliphatic heterocycles. The fourth-order valence-electron chi connectivity index (χ4n) is 4.19. The van der Waals surface area contributed by atoms with Crippen LogP contribution in [-0.2, 0) is 41.6 Å². The third-order valence-corrected chi connectivity index (χ3v) is 6.34. The van der Waals surface area contributed by atoms with E-state index in [4.69, 9.17) is 15.9 Å². The molecular weight excluding hydrogens is 554 g/mol. The number of hydrogen-bond donors (Lipinski definition) is 9. The zero-order valence-electron chi connectivity index (χ0n) is 22.2. The number of nitrogens with two attached hydrogens (primary N) is 1. The molecule has 0 aliphatic rings. The first kappa shape index (κ1) is 31.3. The molecule has 0 fully saturated rings. The van der Waals surface area contributed by atoms with Crippen LogP contribution in [0.25, 0.3) is 10.9 Å². The minimum atomic E-state index is -1.83. The number of carboxylic acid groups (broad SMARTS) is 3. The van der Waals surface area contributed by atoms with E-state index in [1.165, 1.54) is 12.5 Å². The van der Waals surface area contributed by atoms with Gasteiger partial charge in [0.25, 0.3) is 0 Å². The van der Waals surface area contributed by atoms with E-state index in [1.54, 1.807) is 18.3 Å². The first-order valence-corrected chi connectivity index (χ1v) is 12.8. The molecule has 0 radical (unpaired) electrons. The number of aliphatic carboxylic acids is 3. The molecule has 0 saturated carbocycles. The molecule has 16 heteroatoms. The van der Waals surface area contributed by atoms with Gasteiger partial charge in [-0.1, -0.05) is 18.2 Å². The van der Waals surface area contributed by atoms with Crippen molar-refractivity contribution < 1.29 is 44.1 Å². The van der Waals surface area contributed by atoms with Crippen molar-refractivity contribution in [3.63, 3.8) is 0 Å². The second kappa shape index (κ2) is 14.4. The molecular formula is C26H31N7O9. The second-order valence-corrected chi connectivity index (χ2v) is 9.50. The topological polar surface area (TPSA) is 270 Å². The van der Waals surface area contributed by atoms with Crippen molar-refractivity contribution in [3.8, 4) is 0 Å². The highest BCUT2D eigenvalue weighted by Crippen LogP contribution is 2.19. The summed E-state index contributed by atoms with van der Waals surface area (Å²) in [4.78, 5) is 82.9. The Bertz CT molecular complexity index is 1440. The number of rotatable bonds is 16. The fraction of sp³-hybridized carbons (Fsp3) is 0.346. The number of carbonyl (C=O) groups is 6. The normalized spacial score (nSPS) is 13.8. The van der Waals surface area contributed by atoms with Crippen molar-refractivity contribution in [2.24, 2.45) is 5.73 Å². The molecule has 0 saturated heterocycles. The van der Waals surface area contributed by atoms with Crippen molar-refractivity contribution in [1.29, 1.82) is 0 Å². The van der Waals surface area contributed by atoms with Gasteiger partial charge in [-0.2, -0.15) is 0 Å². The monoisotopic (exact) mass is 585 g/mol. The number of para-hydroxylation sites is 1. The number of carbonyl (C=O) groups excluding carboxylic acids is 3. The van der Waals surface area contributed by atoms with Gasteiger partial charge in [-0.25, -0.2) is 9.78 Å². The highest BCUT2D eigenvalue weighted by Gasteiger charge is 2.32. The maximum atomic E-state index is 13.5. The minimum absolute atomic E-state index is 0.0532. The molecule has 3 rings (SSSR count). The van der Waals surface area contributed by atoms with Gasteiger partial charge in [0.1, 0.15) is 18.1 Å². The molecule has 3 aromatic rings. The molecule has 10 N–H and O–H groups in total. The van der Waals surface area contributed by atoms with Crippen LogP contribution in [0.3, 0.4) is 0 Å². The number of H-pyrrole nitrogens is 2. The smallest absolute Gasteiger partial charge is 0.326 e. The molecule has 2 aromatic heterocycles. The summed E-state index contributed by atoms with van der Waals surface area (Å²) >= 11 is 0. The number of amides is 3. The third-order valence-electron chi connectivity index (χ3n) is 6.34. The van der Waals surface area contributed by atoms with Crippen LogP contribution in [0.5, 0.6) is 0 Å². The number of benzene rings is 1. The lowest BCUT2D eigenvalue weighted by atomic mass is 10.0. The van der Waals surface area contributed by atoms with Gasteiger partial charge in [-0.15, -0.1) is 0 Å². The van der Waals surface area contributed by atoms with Crippen molar-refractivity contribution in [2.75, 3.05) is 0 Å². The zero-order chi connectivity index (χ0) is 30.8. The van der Waals surface area contributed by atoms with Crippen molar-refractivity contribution in [3.05, 3.63) is 54.2 Å². The fourth-order valence-corrected chi connectivity index (χ4v) is 4.19. The van der Waals surface area contributed by atoms with Crippen molar-refractivity contribution >= 4 is 46.5 Å². The number of imidazole rings is 1. The Morgan fingerprint density at radius 2 is 1.50 bits per heavy atom. The first-order valence-electron chi connectivity index (χ1n) is 12.8. The summed E-state index contributed by atoms with van der Waals surface area (Å²) in [6.45, 7) is 0. The van der Waals surface area contributed by atoms with Crippen LogP contribution in [-0.4, -0.2) is 90.1 Å². The van der Waals surface area contributed by atoms with E-state index in [2.05, 4.69) is 25.6 Å². The lowest BCUT2D eigenvalue weighted by molar-refractivity contribution is -0.147. The largest absolute Gasteiger partial charge is 0.481 e. The van der Waals surface area contributed by atoms with E-state index in [-0.39, 0.29) is 12.8 Å². The van der Waals surface area contributed by atoms with Crippen LogP contribution in [0, 0.1) is 0 Å². The molecule has 0 aliphatic carbocycles. The summed E-state index contributed by atoms with van der Waals surface area (Å²) in [7, 11) is 0. The van der Waals surface area contributed by atoms with Gasteiger partial charge in [-0.3, -0.25) is 24.0 Å². The Morgan fingerprint density at radius 3 is 2.14 bits per heavy atom. The maximum Gasteiger partial charge on any atom is 0.326 e. The Kier molecular flexibility index (Phi) is 10.7. The van der Waals surface area contributed by atoms with Gasteiger partial charge >= 0.3 is 17.9 Å². The standard InChI is InChI=1S/C26H31N7O9/c27-16(8-14-11-28-12-30-14)23(38)32-19(7-13-10-29-17-4-2-1-3-15(13)17)25(40)31-18(5-6-21(34)35)24(39)33-20(26(41)42)9-22(36)37/h1-4,10-12,16,18-20,29H,5-9,27H2,(H,28,30)(H,31,40)(H,32,38)(H,33,39)(H,34,35)(H,36,37)(H,41,42). The number of aromatic nitrogens is 3. The number of fused-ring (bicyclic) bond motifs is 1. The highest BCUT2D eigenvalue weighted by atomic mass is 16.4. The predicted molar refractivity (Wildman–Crippen MR) is 145 cm³/mol. The number of hydrogen-bond acceptors (Lipinski definition) is 8. The molecule has 224 valence electrons.